The zero-order valence-corrected chi connectivity index (χ0v) is 17.5. The second kappa shape index (κ2) is 7.50. The zero-order chi connectivity index (χ0) is 22.4. The molecule has 1 aliphatic rings. The van der Waals surface area contributed by atoms with Gasteiger partial charge in [-0.25, -0.2) is 9.36 Å². The summed E-state index contributed by atoms with van der Waals surface area (Å²) in [6.45, 7) is 3.43. The van der Waals surface area contributed by atoms with Gasteiger partial charge in [-0.05, 0) is 55.7 Å². The van der Waals surface area contributed by atoms with Gasteiger partial charge in [0.05, 0.1) is 16.6 Å². The minimum atomic E-state index is -1.25. The van der Waals surface area contributed by atoms with Crippen molar-refractivity contribution in [2.24, 2.45) is 13.0 Å². The Bertz CT molecular complexity index is 1410. The van der Waals surface area contributed by atoms with Crippen LogP contribution in [0.15, 0.2) is 57.8 Å². The molecule has 0 bridgehead atoms. The van der Waals surface area contributed by atoms with Crippen molar-refractivity contribution in [1.29, 1.82) is 0 Å². The molecule has 158 valence electrons. The maximum absolute atomic E-state index is 13.5. The molecule has 3 aromatic rings. The third kappa shape index (κ3) is 3.13. The highest BCUT2D eigenvalue weighted by atomic mass is 16.3. The largest absolute Gasteiger partial charge is 0.511 e. The predicted molar refractivity (Wildman–Crippen MR) is 117 cm³/mol. The molecule has 0 radical (unpaired) electrons. The minimum absolute atomic E-state index is 0.180. The number of carbonyl (C=O) groups is 2. The van der Waals surface area contributed by atoms with Gasteiger partial charge in [0.15, 0.2) is 11.6 Å². The van der Waals surface area contributed by atoms with Gasteiger partial charge in [-0.3, -0.25) is 19.0 Å². The van der Waals surface area contributed by atoms with E-state index in [0.717, 1.165) is 10.1 Å². The molecule has 0 spiro atoms. The highest BCUT2D eigenvalue weighted by molar-refractivity contribution is 6.15. The molecule has 7 nitrogen and oxygen atoms in total. The molecule has 0 saturated carbocycles. The van der Waals surface area contributed by atoms with Crippen LogP contribution in [0.4, 0.5) is 0 Å². The molecule has 1 aromatic heterocycles. The number of rotatable bonds is 3. The van der Waals surface area contributed by atoms with Crippen LogP contribution in [0.3, 0.4) is 0 Å². The van der Waals surface area contributed by atoms with Gasteiger partial charge >= 0.3 is 5.69 Å². The van der Waals surface area contributed by atoms with Crippen LogP contribution >= 0.6 is 0 Å². The van der Waals surface area contributed by atoms with Crippen LogP contribution in [-0.4, -0.2) is 25.8 Å². The number of aliphatic hydroxyl groups excluding tert-OH is 1. The quantitative estimate of drug-likeness (QED) is 0.521. The van der Waals surface area contributed by atoms with Crippen LogP contribution in [-0.2, 0) is 11.8 Å². The highest BCUT2D eigenvalue weighted by Crippen LogP contribution is 2.27. The second-order valence-corrected chi connectivity index (χ2v) is 7.83. The molecule has 1 atom stereocenters. The summed E-state index contributed by atoms with van der Waals surface area (Å²) in [5, 5.41) is 10.4. The number of hydrogen-bond donors (Lipinski definition) is 1. The summed E-state index contributed by atoms with van der Waals surface area (Å²) in [6, 6.07) is 10.1. The molecule has 0 saturated heterocycles. The summed E-state index contributed by atoms with van der Waals surface area (Å²) in [6.07, 6.45) is 2.06. The van der Waals surface area contributed by atoms with Crippen molar-refractivity contribution in [3.8, 4) is 5.69 Å². The van der Waals surface area contributed by atoms with Crippen molar-refractivity contribution in [2.75, 3.05) is 0 Å². The minimum Gasteiger partial charge on any atom is -0.511 e. The van der Waals surface area contributed by atoms with Crippen molar-refractivity contribution in [1.82, 2.24) is 9.13 Å². The van der Waals surface area contributed by atoms with Crippen LogP contribution in [0, 0.1) is 19.8 Å². The first-order chi connectivity index (χ1) is 14.7. The Hall–Kier alpha value is -3.74. The van der Waals surface area contributed by atoms with Gasteiger partial charge in [0.25, 0.3) is 5.56 Å². The van der Waals surface area contributed by atoms with E-state index in [-0.39, 0.29) is 28.9 Å². The first-order valence-electron chi connectivity index (χ1n) is 10.0. The summed E-state index contributed by atoms with van der Waals surface area (Å²) >= 11 is 0. The number of fused-ring (bicyclic) bond motifs is 1. The van der Waals surface area contributed by atoms with Crippen LogP contribution in [0.25, 0.3) is 16.6 Å². The fourth-order valence-corrected chi connectivity index (χ4v) is 4.22. The number of carbonyl (C=O) groups excluding carboxylic acids is 2. The van der Waals surface area contributed by atoms with E-state index in [1.165, 1.54) is 22.8 Å². The molecule has 4 rings (SSSR count). The van der Waals surface area contributed by atoms with Crippen molar-refractivity contribution >= 4 is 22.5 Å². The Morgan fingerprint density at radius 2 is 1.77 bits per heavy atom. The third-order valence-corrected chi connectivity index (χ3v) is 5.95. The molecule has 2 aromatic carbocycles. The summed E-state index contributed by atoms with van der Waals surface area (Å²) in [5.74, 6) is -2.40. The molecule has 31 heavy (non-hydrogen) atoms. The molecule has 1 heterocycles. The molecule has 1 N–H and O–H groups in total. The van der Waals surface area contributed by atoms with Gasteiger partial charge in [0.2, 0.25) is 0 Å². The number of nitrogens with zero attached hydrogens (tertiary/aromatic N) is 2. The van der Waals surface area contributed by atoms with E-state index in [4.69, 9.17) is 0 Å². The molecular weight excluding hydrogens is 396 g/mol. The molecule has 0 aliphatic heterocycles. The second-order valence-electron chi connectivity index (χ2n) is 7.83. The summed E-state index contributed by atoms with van der Waals surface area (Å²) < 4.78 is 2.47. The number of para-hydroxylation sites is 1. The van der Waals surface area contributed by atoms with Gasteiger partial charge in [-0.1, -0.05) is 18.2 Å². The summed E-state index contributed by atoms with van der Waals surface area (Å²) in [7, 11) is 1.57. The van der Waals surface area contributed by atoms with Crippen molar-refractivity contribution < 1.29 is 14.7 Å². The monoisotopic (exact) mass is 418 g/mol. The van der Waals surface area contributed by atoms with E-state index in [9.17, 15) is 24.3 Å². The maximum atomic E-state index is 13.5. The summed E-state index contributed by atoms with van der Waals surface area (Å²) in [5.41, 5.74) is 1.14. The first-order valence-corrected chi connectivity index (χ1v) is 10.0. The van der Waals surface area contributed by atoms with E-state index in [2.05, 4.69) is 0 Å². The Balaban J connectivity index is 2.01. The average Bonchev–Trinajstić information content (AvgIpc) is 2.73. The Kier molecular flexibility index (Phi) is 4.97. The predicted octanol–water partition coefficient (Wildman–Crippen LogP) is 2.91. The summed E-state index contributed by atoms with van der Waals surface area (Å²) in [4.78, 5) is 51.9. The molecule has 0 amide bonds. The van der Waals surface area contributed by atoms with Crippen LogP contribution in [0.5, 0.6) is 0 Å². The van der Waals surface area contributed by atoms with Gasteiger partial charge in [0, 0.05) is 19.0 Å². The average molecular weight is 418 g/mol. The van der Waals surface area contributed by atoms with Crippen molar-refractivity contribution in [3.05, 3.63) is 85.8 Å². The van der Waals surface area contributed by atoms with Gasteiger partial charge in [-0.2, -0.15) is 0 Å². The normalized spacial score (nSPS) is 16.4. The van der Waals surface area contributed by atoms with E-state index in [1.807, 2.05) is 19.1 Å². The highest BCUT2D eigenvalue weighted by Gasteiger charge is 2.34. The third-order valence-electron chi connectivity index (χ3n) is 5.95. The van der Waals surface area contributed by atoms with E-state index < -0.39 is 23.0 Å². The Morgan fingerprint density at radius 3 is 2.45 bits per heavy atom. The van der Waals surface area contributed by atoms with Gasteiger partial charge in [-0.15, -0.1) is 0 Å². The van der Waals surface area contributed by atoms with Crippen molar-refractivity contribution in [2.45, 2.75) is 26.7 Å². The lowest BCUT2D eigenvalue weighted by Crippen LogP contribution is -2.39. The van der Waals surface area contributed by atoms with Gasteiger partial charge < -0.3 is 5.11 Å². The van der Waals surface area contributed by atoms with E-state index in [1.54, 1.807) is 26.1 Å². The lowest BCUT2D eigenvalue weighted by Gasteiger charge is -2.20. The molecule has 1 aliphatic carbocycles. The zero-order valence-electron chi connectivity index (χ0n) is 17.5. The number of aryl methyl sites for hydroxylation is 3. The molecule has 0 fully saturated rings. The maximum Gasteiger partial charge on any atom is 0.335 e. The fourth-order valence-electron chi connectivity index (χ4n) is 4.22. The Morgan fingerprint density at radius 1 is 1.06 bits per heavy atom. The van der Waals surface area contributed by atoms with Crippen molar-refractivity contribution in [3.63, 3.8) is 0 Å². The number of ketones is 2. The number of hydrogen-bond acceptors (Lipinski definition) is 5. The van der Waals surface area contributed by atoms with Crippen LogP contribution in [0.1, 0.15) is 34.3 Å². The topological polar surface area (TPSA) is 98.4 Å². The Labute approximate surface area is 177 Å². The standard InChI is InChI=1S/C24H22N2O5/c1-13-7-4-5-8-16(13)26-23(30)20-14(2)15(11-12-17(20)25(3)24(26)31)22(29)21-18(27)9-6-10-19(21)28/h4-5,7-9,11-12,21,27H,6,10H2,1-3H3/t21-/m1/s1. The number of benzene rings is 2. The number of aromatic nitrogens is 2. The lowest BCUT2D eigenvalue weighted by atomic mass is 9.84. The van der Waals surface area contributed by atoms with Crippen LogP contribution < -0.4 is 11.2 Å². The lowest BCUT2D eigenvalue weighted by molar-refractivity contribution is -0.121. The van der Waals surface area contributed by atoms with E-state index >= 15 is 0 Å². The molecule has 7 heteroatoms. The SMILES string of the molecule is Cc1ccccc1-n1c(=O)c2c(C)c(C(=O)[C@H]3C(=O)CCC=C3O)ccc2n(C)c1=O. The number of allylic oxidation sites excluding steroid dienone is 2. The number of aliphatic hydroxyl groups is 1. The number of Topliss-reactive ketones (excluding diaryl/α,β-unsaturated/α-hetero) is 2. The van der Waals surface area contributed by atoms with E-state index in [0.29, 0.717) is 23.2 Å². The smallest absolute Gasteiger partial charge is 0.335 e. The molecular formula is C24H22N2O5. The first kappa shape index (κ1) is 20.5. The molecule has 0 unspecified atom stereocenters. The fraction of sp³-hybridized carbons (Fsp3) is 0.250. The van der Waals surface area contributed by atoms with Crippen LogP contribution in [0.2, 0.25) is 0 Å². The van der Waals surface area contributed by atoms with Gasteiger partial charge in [0.1, 0.15) is 11.7 Å².